The first kappa shape index (κ1) is 15.7. The normalized spacial score (nSPS) is 11.5. The van der Waals surface area contributed by atoms with Crippen molar-refractivity contribution in [2.45, 2.75) is 13.1 Å². The summed E-state index contributed by atoms with van der Waals surface area (Å²) >= 11 is 3.20. The van der Waals surface area contributed by atoms with Gasteiger partial charge < -0.3 is 5.32 Å². The van der Waals surface area contributed by atoms with Crippen molar-refractivity contribution in [2.24, 2.45) is 0 Å². The molecular weight excluding hydrogens is 354 g/mol. The number of benzene rings is 1. The fourth-order valence-electron chi connectivity index (χ4n) is 1.73. The molecule has 2 rings (SSSR count). The molecule has 0 amide bonds. The lowest BCUT2D eigenvalue weighted by atomic mass is 10.1. The van der Waals surface area contributed by atoms with Gasteiger partial charge in [-0.15, -0.1) is 0 Å². The van der Waals surface area contributed by atoms with Crippen LogP contribution < -0.4 is 5.32 Å². The van der Waals surface area contributed by atoms with Gasteiger partial charge in [-0.3, -0.25) is 0 Å². The molecule has 0 bridgehead atoms. The molecule has 1 N–H and O–H groups in total. The van der Waals surface area contributed by atoms with E-state index >= 15 is 0 Å². The van der Waals surface area contributed by atoms with Crippen molar-refractivity contribution in [3.05, 3.63) is 40.2 Å². The molecule has 112 valence electrons. The molecular formula is C13H10BrF4N3. The number of alkyl halides is 3. The number of anilines is 1. The Hall–Kier alpha value is -1.70. The minimum Gasteiger partial charge on any atom is -0.369 e. The van der Waals surface area contributed by atoms with E-state index in [-0.39, 0.29) is 11.4 Å². The Bertz CT molecular complexity index is 658. The third-order valence-electron chi connectivity index (χ3n) is 2.62. The van der Waals surface area contributed by atoms with Gasteiger partial charge in [-0.25, -0.2) is 14.4 Å². The SMILES string of the molecule is CCNc1nc(-c2ccc(F)cc2C(F)(F)F)ncc1Br. The van der Waals surface area contributed by atoms with Crippen LogP contribution in [0.3, 0.4) is 0 Å². The maximum atomic E-state index is 13.1. The smallest absolute Gasteiger partial charge is 0.369 e. The van der Waals surface area contributed by atoms with Gasteiger partial charge in [0.2, 0.25) is 0 Å². The third-order valence-corrected chi connectivity index (χ3v) is 3.20. The first-order valence-electron chi connectivity index (χ1n) is 5.96. The molecule has 0 unspecified atom stereocenters. The van der Waals surface area contributed by atoms with Crippen LogP contribution in [0.15, 0.2) is 28.9 Å². The molecule has 21 heavy (non-hydrogen) atoms. The highest BCUT2D eigenvalue weighted by Crippen LogP contribution is 2.37. The first-order chi connectivity index (χ1) is 9.82. The molecule has 0 saturated heterocycles. The molecule has 0 saturated carbocycles. The Morgan fingerprint density at radius 3 is 2.62 bits per heavy atom. The lowest BCUT2D eigenvalue weighted by Crippen LogP contribution is -2.10. The van der Waals surface area contributed by atoms with Gasteiger partial charge in [0.15, 0.2) is 5.82 Å². The van der Waals surface area contributed by atoms with E-state index < -0.39 is 17.6 Å². The fraction of sp³-hybridized carbons (Fsp3) is 0.231. The van der Waals surface area contributed by atoms with Crippen LogP contribution in [0.5, 0.6) is 0 Å². The molecule has 8 heteroatoms. The van der Waals surface area contributed by atoms with Crippen LogP contribution >= 0.6 is 15.9 Å². The summed E-state index contributed by atoms with van der Waals surface area (Å²) < 4.78 is 52.6. The Kier molecular flexibility index (Phi) is 4.46. The summed E-state index contributed by atoms with van der Waals surface area (Å²) in [5.41, 5.74) is -1.37. The van der Waals surface area contributed by atoms with Crippen molar-refractivity contribution in [2.75, 3.05) is 11.9 Å². The average Bonchev–Trinajstić information content (AvgIpc) is 2.41. The number of halogens is 5. The minimum atomic E-state index is -4.69. The maximum Gasteiger partial charge on any atom is 0.417 e. The minimum absolute atomic E-state index is 0.124. The quantitative estimate of drug-likeness (QED) is 0.816. The topological polar surface area (TPSA) is 37.8 Å². The van der Waals surface area contributed by atoms with E-state index in [1.807, 2.05) is 6.92 Å². The maximum absolute atomic E-state index is 13.1. The van der Waals surface area contributed by atoms with Crippen molar-refractivity contribution in [1.29, 1.82) is 0 Å². The predicted octanol–water partition coefficient (Wildman–Crippen LogP) is 4.50. The van der Waals surface area contributed by atoms with Gasteiger partial charge >= 0.3 is 6.18 Å². The second-order valence-electron chi connectivity index (χ2n) is 4.11. The Morgan fingerprint density at radius 1 is 1.29 bits per heavy atom. The van der Waals surface area contributed by atoms with Crippen LogP contribution in [0, 0.1) is 5.82 Å². The average molecular weight is 364 g/mol. The molecule has 0 fully saturated rings. The van der Waals surface area contributed by atoms with E-state index in [2.05, 4.69) is 31.2 Å². The van der Waals surface area contributed by atoms with E-state index in [0.29, 0.717) is 22.9 Å². The molecule has 2 aromatic rings. The molecule has 3 nitrogen and oxygen atoms in total. The van der Waals surface area contributed by atoms with Gasteiger partial charge in [0, 0.05) is 18.3 Å². The summed E-state index contributed by atoms with van der Waals surface area (Å²) in [4.78, 5) is 7.92. The molecule has 0 aliphatic rings. The van der Waals surface area contributed by atoms with Gasteiger partial charge in [0.25, 0.3) is 0 Å². The molecule has 0 spiro atoms. The van der Waals surface area contributed by atoms with Crippen LogP contribution in [-0.4, -0.2) is 16.5 Å². The van der Waals surface area contributed by atoms with Crippen LogP contribution in [-0.2, 0) is 6.18 Å². The Balaban J connectivity index is 2.59. The zero-order chi connectivity index (χ0) is 15.6. The second kappa shape index (κ2) is 5.97. The summed E-state index contributed by atoms with van der Waals surface area (Å²) in [6, 6.07) is 2.41. The molecule has 0 atom stereocenters. The summed E-state index contributed by atoms with van der Waals surface area (Å²) in [6.45, 7) is 2.37. The second-order valence-corrected chi connectivity index (χ2v) is 4.96. The molecule has 0 aliphatic heterocycles. The van der Waals surface area contributed by atoms with E-state index in [1.165, 1.54) is 6.20 Å². The zero-order valence-corrected chi connectivity index (χ0v) is 12.4. The first-order valence-corrected chi connectivity index (χ1v) is 6.75. The number of nitrogens with one attached hydrogen (secondary N) is 1. The van der Waals surface area contributed by atoms with Gasteiger partial charge in [0.1, 0.15) is 11.6 Å². The lowest BCUT2D eigenvalue weighted by Gasteiger charge is -2.13. The largest absolute Gasteiger partial charge is 0.417 e. The monoisotopic (exact) mass is 363 g/mol. The van der Waals surface area contributed by atoms with Crippen molar-refractivity contribution >= 4 is 21.7 Å². The molecule has 1 aromatic heterocycles. The van der Waals surface area contributed by atoms with E-state index in [9.17, 15) is 17.6 Å². The van der Waals surface area contributed by atoms with Gasteiger partial charge in [-0.2, -0.15) is 13.2 Å². The predicted molar refractivity (Wildman–Crippen MR) is 74.3 cm³/mol. The third kappa shape index (κ3) is 3.49. The zero-order valence-electron chi connectivity index (χ0n) is 10.8. The van der Waals surface area contributed by atoms with Crippen LogP contribution in [0.2, 0.25) is 0 Å². The van der Waals surface area contributed by atoms with Crippen molar-refractivity contribution < 1.29 is 17.6 Å². The van der Waals surface area contributed by atoms with E-state index in [4.69, 9.17) is 0 Å². The highest BCUT2D eigenvalue weighted by Gasteiger charge is 2.35. The van der Waals surface area contributed by atoms with Gasteiger partial charge in [0.05, 0.1) is 10.0 Å². The standard InChI is InChI=1S/C13H10BrF4N3/c1-2-19-12-10(14)6-20-11(21-12)8-4-3-7(15)5-9(8)13(16,17)18/h3-6H,2H2,1H3,(H,19,20,21). The van der Waals surface area contributed by atoms with Crippen molar-refractivity contribution in [1.82, 2.24) is 9.97 Å². The Morgan fingerprint density at radius 2 is 2.00 bits per heavy atom. The number of hydrogen-bond acceptors (Lipinski definition) is 3. The van der Waals surface area contributed by atoms with Crippen LogP contribution in [0.1, 0.15) is 12.5 Å². The van der Waals surface area contributed by atoms with E-state index in [0.717, 1.165) is 12.1 Å². The summed E-state index contributed by atoms with van der Waals surface area (Å²) in [5, 5.41) is 2.90. The van der Waals surface area contributed by atoms with Crippen molar-refractivity contribution in [3.63, 3.8) is 0 Å². The van der Waals surface area contributed by atoms with Gasteiger partial charge in [-0.05, 0) is 41.1 Å². The highest BCUT2D eigenvalue weighted by atomic mass is 79.9. The molecule has 1 heterocycles. The molecule has 0 radical (unpaired) electrons. The van der Waals surface area contributed by atoms with E-state index in [1.54, 1.807) is 0 Å². The van der Waals surface area contributed by atoms with Crippen molar-refractivity contribution in [3.8, 4) is 11.4 Å². The summed E-state index contributed by atoms with van der Waals surface area (Å²) in [6.07, 6.45) is -3.34. The molecule has 0 aliphatic carbocycles. The summed E-state index contributed by atoms with van der Waals surface area (Å²) in [7, 11) is 0. The number of aromatic nitrogens is 2. The fourth-order valence-corrected chi connectivity index (χ4v) is 2.07. The van der Waals surface area contributed by atoms with Gasteiger partial charge in [-0.1, -0.05) is 0 Å². The number of rotatable bonds is 3. The highest BCUT2D eigenvalue weighted by molar-refractivity contribution is 9.10. The summed E-state index contributed by atoms with van der Waals surface area (Å²) in [5.74, 6) is -0.712. The number of nitrogens with zero attached hydrogens (tertiary/aromatic N) is 2. The lowest BCUT2D eigenvalue weighted by molar-refractivity contribution is -0.137. The number of hydrogen-bond donors (Lipinski definition) is 1. The van der Waals surface area contributed by atoms with Crippen LogP contribution in [0.4, 0.5) is 23.4 Å². The van der Waals surface area contributed by atoms with Crippen LogP contribution in [0.25, 0.3) is 11.4 Å². The molecule has 1 aromatic carbocycles. The Labute approximate surface area is 126 Å².